The zero-order valence-electron chi connectivity index (χ0n) is 15.6. The number of hydrogen-bond donors (Lipinski definition) is 2. The molecule has 1 heterocycles. The molecule has 0 unspecified atom stereocenters. The van der Waals surface area contributed by atoms with Crippen LogP contribution in [0, 0.1) is 5.41 Å². The molecule has 0 saturated heterocycles. The van der Waals surface area contributed by atoms with Gasteiger partial charge >= 0.3 is 0 Å². The van der Waals surface area contributed by atoms with Crippen molar-refractivity contribution in [2.75, 3.05) is 19.0 Å². The van der Waals surface area contributed by atoms with Gasteiger partial charge in [0.15, 0.2) is 5.69 Å². The Bertz CT molecular complexity index is 747. The molecule has 0 bridgehead atoms. The van der Waals surface area contributed by atoms with Crippen LogP contribution in [0.3, 0.4) is 0 Å². The molecule has 2 N–H and O–H groups in total. The second kappa shape index (κ2) is 8.46. The number of methoxy groups -OCH3 is 1. The highest BCUT2D eigenvalue weighted by Crippen LogP contribution is 2.17. The first-order chi connectivity index (χ1) is 12.3. The molecular formula is C18H25N5O3. The third-order valence-electron chi connectivity index (χ3n) is 3.47. The quantitative estimate of drug-likeness (QED) is 0.789. The van der Waals surface area contributed by atoms with Gasteiger partial charge in [0.25, 0.3) is 5.91 Å². The number of amides is 2. The molecule has 26 heavy (non-hydrogen) atoms. The first kappa shape index (κ1) is 19.4. The Kier molecular flexibility index (Phi) is 6.32. The average molecular weight is 359 g/mol. The minimum absolute atomic E-state index is 0.00455. The van der Waals surface area contributed by atoms with Gasteiger partial charge in [-0.3, -0.25) is 9.59 Å². The van der Waals surface area contributed by atoms with Crippen LogP contribution in [-0.2, 0) is 11.3 Å². The van der Waals surface area contributed by atoms with Crippen molar-refractivity contribution in [1.29, 1.82) is 0 Å². The van der Waals surface area contributed by atoms with Crippen LogP contribution in [0.2, 0.25) is 0 Å². The number of nitrogens with zero attached hydrogens (tertiary/aromatic N) is 3. The number of nitrogens with one attached hydrogen (secondary N) is 2. The van der Waals surface area contributed by atoms with Crippen LogP contribution in [0.5, 0.6) is 5.75 Å². The van der Waals surface area contributed by atoms with Crippen molar-refractivity contribution in [2.24, 2.45) is 5.41 Å². The zero-order chi connectivity index (χ0) is 19.2. The fourth-order valence-corrected chi connectivity index (χ4v) is 2.24. The molecule has 0 saturated carbocycles. The number of hydrogen-bond acceptors (Lipinski definition) is 5. The predicted octanol–water partition coefficient (Wildman–Crippen LogP) is 2.09. The van der Waals surface area contributed by atoms with E-state index in [0.717, 1.165) is 0 Å². The van der Waals surface area contributed by atoms with Crippen molar-refractivity contribution in [3.8, 4) is 5.75 Å². The number of benzene rings is 1. The van der Waals surface area contributed by atoms with Crippen molar-refractivity contribution in [1.82, 2.24) is 20.3 Å². The molecular weight excluding hydrogens is 334 g/mol. The number of anilines is 1. The van der Waals surface area contributed by atoms with E-state index in [4.69, 9.17) is 4.74 Å². The second-order valence-electron chi connectivity index (χ2n) is 7.14. The highest BCUT2D eigenvalue weighted by molar-refractivity contribution is 6.02. The lowest BCUT2D eigenvalue weighted by atomic mass is 9.92. The summed E-state index contributed by atoms with van der Waals surface area (Å²) in [5.74, 6) is 0.357. The molecule has 2 rings (SSSR count). The van der Waals surface area contributed by atoms with Crippen molar-refractivity contribution < 1.29 is 14.3 Å². The van der Waals surface area contributed by atoms with E-state index >= 15 is 0 Å². The summed E-state index contributed by atoms with van der Waals surface area (Å²) in [6.45, 7) is 6.91. The van der Waals surface area contributed by atoms with E-state index in [1.165, 1.54) is 4.68 Å². The Labute approximate surface area is 152 Å². The standard InChI is InChI=1S/C18H25N5O3/c1-18(2,3)11-16(24)19-9-10-23-12-15(21-22-23)17(25)20-13-5-7-14(26-4)8-6-13/h5-8,12H,9-11H2,1-4H3,(H,19,24)(H,20,25). The molecule has 8 heteroatoms. The van der Waals surface area contributed by atoms with E-state index in [9.17, 15) is 9.59 Å². The van der Waals surface area contributed by atoms with Gasteiger partial charge in [-0.15, -0.1) is 5.10 Å². The Hall–Kier alpha value is -2.90. The summed E-state index contributed by atoms with van der Waals surface area (Å²) in [4.78, 5) is 24.0. The maximum atomic E-state index is 12.2. The van der Waals surface area contributed by atoms with Crippen molar-refractivity contribution >= 4 is 17.5 Å². The van der Waals surface area contributed by atoms with Gasteiger partial charge in [-0.1, -0.05) is 26.0 Å². The SMILES string of the molecule is COc1ccc(NC(=O)c2cn(CCNC(=O)CC(C)(C)C)nn2)cc1. The Morgan fingerprint density at radius 3 is 2.50 bits per heavy atom. The van der Waals surface area contributed by atoms with E-state index < -0.39 is 0 Å². The molecule has 2 amide bonds. The smallest absolute Gasteiger partial charge is 0.277 e. The Morgan fingerprint density at radius 1 is 1.19 bits per heavy atom. The van der Waals surface area contributed by atoms with Crippen LogP contribution in [-0.4, -0.2) is 40.5 Å². The molecule has 0 atom stereocenters. The third-order valence-corrected chi connectivity index (χ3v) is 3.47. The van der Waals surface area contributed by atoms with Gasteiger partial charge in [0.05, 0.1) is 19.9 Å². The first-order valence-corrected chi connectivity index (χ1v) is 8.39. The Balaban J connectivity index is 1.82. The number of rotatable bonds is 7. The van der Waals surface area contributed by atoms with Crippen LogP contribution in [0.1, 0.15) is 37.7 Å². The molecule has 0 aliphatic rings. The van der Waals surface area contributed by atoms with Crippen LogP contribution in [0.15, 0.2) is 30.5 Å². The third kappa shape index (κ3) is 6.19. The van der Waals surface area contributed by atoms with Crippen molar-refractivity contribution in [3.05, 3.63) is 36.2 Å². The van der Waals surface area contributed by atoms with E-state index in [-0.39, 0.29) is 22.9 Å². The van der Waals surface area contributed by atoms with Crippen molar-refractivity contribution in [2.45, 2.75) is 33.7 Å². The molecule has 0 radical (unpaired) electrons. The average Bonchev–Trinajstić information content (AvgIpc) is 3.03. The van der Waals surface area contributed by atoms with Gasteiger partial charge in [0.2, 0.25) is 5.91 Å². The maximum absolute atomic E-state index is 12.2. The van der Waals surface area contributed by atoms with Crippen LogP contribution < -0.4 is 15.4 Å². The van der Waals surface area contributed by atoms with Gasteiger partial charge in [-0.2, -0.15) is 0 Å². The molecule has 0 aliphatic heterocycles. The van der Waals surface area contributed by atoms with Crippen LogP contribution >= 0.6 is 0 Å². The van der Waals surface area contributed by atoms with Gasteiger partial charge in [0.1, 0.15) is 5.75 Å². The zero-order valence-corrected chi connectivity index (χ0v) is 15.6. The minimum atomic E-state index is -0.349. The predicted molar refractivity (Wildman–Crippen MR) is 98.1 cm³/mol. The topological polar surface area (TPSA) is 98.1 Å². The first-order valence-electron chi connectivity index (χ1n) is 8.39. The summed E-state index contributed by atoms with van der Waals surface area (Å²) >= 11 is 0. The van der Waals surface area contributed by atoms with Gasteiger partial charge in [-0.25, -0.2) is 4.68 Å². The largest absolute Gasteiger partial charge is 0.497 e. The number of aromatic nitrogens is 3. The second-order valence-corrected chi connectivity index (χ2v) is 7.14. The summed E-state index contributed by atoms with van der Waals surface area (Å²) in [5.41, 5.74) is 0.797. The monoisotopic (exact) mass is 359 g/mol. The number of carbonyl (C=O) groups is 2. The van der Waals surface area contributed by atoms with E-state index in [1.54, 1.807) is 37.6 Å². The summed E-state index contributed by atoms with van der Waals surface area (Å²) in [6.07, 6.45) is 2.01. The van der Waals surface area contributed by atoms with E-state index in [2.05, 4.69) is 20.9 Å². The van der Waals surface area contributed by atoms with Gasteiger partial charge in [0, 0.05) is 18.7 Å². The van der Waals surface area contributed by atoms with Gasteiger partial charge in [-0.05, 0) is 29.7 Å². The Morgan fingerprint density at radius 2 is 1.88 bits per heavy atom. The minimum Gasteiger partial charge on any atom is -0.497 e. The molecule has 8 nitrogen and oxygen atoms in total. The fraction of sp³-hybridized carbons (Fsp3) is 0.444. The summed E-state index contributed by atoms with van der Waals surface area (Å²) < 4.78 is 6.60. The molecule has 2 aromatic rings. The lowest BCUT2D eigenvalue weighted by Gasteiger charge is -2.17. The highest BCUT2D eigenvalue weighted by atomic mass is 16.5. The van der Waals surface area contributed by atoms with Gasteiger partial charge < -0.3 is 15.4 Å². The lowest BCUT2D eigenvalue weighted by molar-refractivity contribution is -0.122. The fourth-order valence-electron chi connectivity index (χ4n) is 2.24. The summed E-state index contributed by atoms with van der Waals surface area (Å²) in [7, 11) is 1.58. The molecule has 140 valence electrons. The normalized spacial score (nSPS) is 11.1. The van der Waals surface area contributed by atoms with Crippen LogP contribution in [0.4, 0.5) is 5.69 Å². The van der Waals surface area contributed by atoms with Crippen molar-refractivity contribution in [3.63, 3.8) is 0 Å². The number of carbonyl (C=O) groups excluding carboxylic acids is 2. The lowest BCUT2D eigenvalue weighted by Crippen LogP contribution is -2.30. The molecule has 1 aromatic carbocycles. The molecule has 1 aromatic heterocycles. The van der Waals surface area contributed by atoms with Crippen LogP contribution in [0.25, 0.3) is 0 Å². The number of ether oxygens (including phenoxy) is 1. The molecule has 0 fully saturated rings. The highest BCUT2D eigenvalue weighted by Gasteiger charge is 2.15. The summed E-state index contributed by atoms with van der Waals surface area (Å²) in [5, 5.41) is 13.4. The molecule has 0 aliphatic carbocycles. The van der Waals surface area contributed by atoms with E-state index in [1.807, 2.05) is 20.8 Å². The summed E-state index contributed by atoms with van der Waals surface area (Å²) in [6, 6.07) is 7.00. The van der Waals surface area contributed by atoms with E-state index in [0.29, 0.717) is 30.9 Å². The maximum Gasteiger partial charge on any atom is 0.277 e. The molecule has 0 spiro atoms.